The molecule has 1 rings (SSSR count). The maximum absolute atomic E-state index is 12.4. The molecule has 0 saturated carbocycles. The fraction of sp³-hybridized carbons (Fsp3) is 0.471. The van der Waals surface area contributed by atoms with E-state index >= 15 is 0 Å². The van der Waals surface area contributed by atoms with E-state index < -0.39 is 29.7 Å². The normalized spacial score (nSPS) is 11.0. The van der Waals surface area contributed by atoms with E-state index in [0.717, 1.165) is 5.56 Å². The third-order valence-electron chi connectivity index (χ3n) is 3.32. The summed E-state index contributed by atoms with van der Waals surface area (Å²) in [5.41, 5.74) is -0.627. The summed E-state index contributed by atoms with van der Waals surface area (Å²) < 4.78 is 9.44. The van der Waals surface area contributed by atoms with E-state index in [4.69, 9.17) is 9.47 Å². The predicted molar refractivity (Wildman–Crippen MR) is 83.1 cm³/mol. The molecular formula is C17H22O6. The van der Waals surface area contributed by atoms with Gasteiger partial charge >= 0.3 is 11.9 Å². The van der Waals surface area contributed by atoms with Gasteiger partial charge in [0, 0.05) is 5.56 Å². The Hall–Kier alpha value is -2.21. The number of aryl methyl sites for hydroxylation is 2. The van der Waals surface area contributed by atoms with Gasteiger partial charge in [0.05, 0.1) is 19.6 Å². The molecule has 0 amide bonds. The van der Waals surface area contributed by atoms with Gasteiger partial charge in [0.2, 0.25) is 0 Å². The average Bonchev–Trinajstić information content (AvgIpc) is 2.47. The van der Waals surface area contributed by atoms with Crippen molar-refractivity contribution in [1.82, 2.24) is 0 Å². The molecule has 6 nitrogen and oxygen atoms in total. The van der Waals surface area contributed by atoms with E-state index in [2.05, 4.69) is 0 Å². The minimum Gasteiger partial charge on any atom is -0.463 e. The van der Waals surface area contributed by atoms with Crippen LogP contribution in [0.3, 0.4) is 0 Å². The van der Waals surface area contributed by atoms with Crippen LogP contribution in [-0.2, 0) is 19.1 Å². The molecule has 0 aliphatic rings. The summed E-state index contributed by atoms with van der Waals surface area (Å²) in [5.74, 6) is -2.90. The van der Waals surface area contributed by atoms with Gasteiger partial charge in [-0.15, -0.1) is 0 Å². The Balaban J connectivity index is 3.11. The molecule has 0 aromatic heterocycles. The summed E-state index contributed by atoms with van der Waals surface area (Å²) >= 11 is 0. The number of rotatable bonds is 7. The Labute approximate surface area is 135 Å². The quantitative estimate of drug-likeness (QED) is 0.467. The van der Waals surface area contributed by atoms with Gasteiger partial charge in [0.15, 0.2) is 5.78 Å². The van der Waals surface area contributed by atoms with Gasteiger partial charge in [-0.3, -0.25) is 4.79 Å². The largest absolute Gasteiger partial charge is 0.463 e. The van der Waals surface area contributed by atoms with Crippen molar-refractivity contribution in [2.75, 3.05) is 13.2 Å². The van der Waals surface area contributed by atoms with Crippen molar-refractivity contribution < 1.29 is 29.0 Å². The Morgan fingerprint density at radius 1 is 1.04 bits per heavy atom. The summed E-state index contributed by atoms with van der Waals surface area (Å²) in [7, 11) is 0. The molecule has 0 radical (unpaired) electrons. The van der Waals surface area contributed by atoms with Gasteiger partial charge in [-0.25, -0.2) is 9.59 Å². The van der Waals surface area contributed by atoms with Crippen LogP contribution in [-0.4, -0.2) is 41.6 Å². The zero-order chi connectivity index (χ0) is 17.6. The minimum absolute atomic E-state index is 0.0295. The minimum atomic E-state index is -2.64. The third kappa shape index (κ3) is 4.39. The second-order valence-electron chi connectivity index (χ2n) is 5.22. The number of carbonyl (C=O) groups excluding carboxylic acids is 3. The third-order valence-corrected chi connectivity index (χ3v) is 3.32. The molecule has 0 heterocycles. The molecular weight excluding hydrogens is 300 g/mol. The Morgan fingerprint density at radius 3 is 2.00 bits per heavy atom. The molecule has 1 N–H and O–H groups in total. The molecule has 0 fully saturated rings. The summed E-state index contributed by atoms with van der Waals surface area (Å²) in [6.07, 6.45) is -0.728. The Bertz CT molecular complexity index is 587. The van der Waals surface area contributed by atoms with E-state index in [1.54, 1.807) is 25.1 Å². The van der Waals surface area contributed by atoms with Crippen LogP contribution >= 0.6 is 0 Å². The fourth-order valence-corrected chi connectivity index (χ4v) is 2.18. The first kappa shape index (κ1) is 18.8. The van der Waals surface area contributed by atoms with Crippen LogP contribution in [0.1, 0.15) is 41.8 Å². The van der Waals surface area contributed by atoms with Crippen LogP contribution in [0.15, 0.2) is 18.2 Å². The summed E-state index contributed by atoms with van der Waals surface area (Å²) in [5, 5.41) is 10.4. The summed E-state index contributed by atoms with van der Waals surface area (Å²) in [6.45, 7) is 6.64. The zero-order valence-electron chi connectivity index (χ0n) is 13.8. The SMILES string of the molecule is CCOC(=O)C(O)(CC(=O)c1ccc(C)cc1C)C(=O)OCC. The second kappa shape index (κ2) is 7.87. The number of ketones is 1. The van der Waals surface area contributed by atoms with Crippen molar-refractivity contribution in [3.05, 3.63) is 34.9 Å². The molecule has 0 bridgehead atoms. The molecule has 0 aliphatic carbocycles. The molecule has 126 valence electrons. The van der Waals surface area contributed by atoms with Gasteiger partial charge in [0.25, 0.3) is 5.60 Å². The fourth-order valence-electron chi connectivity index (χ4n) is 2.18. The van der Waals surface area contributed by atoms with Crippen molar-refractivity contribution in [1.29, 1.82) is 0 Å². The number of carbonyl (C=O) groups is 3. The lowest BCUT2D eigenvalue weighted by molar-refractivity contribution is -0.182. The van der Waals surface area contributed by atoms with Gasteiger partial charge < -0.3 is 14.6 Å². The lowest BCUT2D eigenvalue weighted by Gasteiger charge is -2.23. The lowest BCUT2D eigenvalue weighted by Crippen LogP contribution is -2.50. The van der Waals surface area contributed by atoms with Crippen molar-refractivity contribution in [2.45, 2.75) is 39.7 Å². The smallest absolute Gasteiger partial charge is 0.350 e. The maximum Gasteiger partial charge on any atom is 0.350 e. The van der Waals surface area contributed by atoms with Crippen LogP contribution in [0.5, 0.6) is 0 Å². The number of aliphatic hydroxyl groups is 1. The number of esters is 2. The Kier molecular flexibility index (Phi) is 6.45. The number of ether oxygens (including phenoxy) is 2. The number of hydrogen-bond acceptors (Lipinski definition) is 6. The van der Waals surface area contributed by atoms with E-state index in [0.29, 0.717) is 11.1 Å². The lowest BCUT2D eigenvalue weighted by atomic mass is 9.91. The number of benzene rings is 1. The topological polar surface area (TPSA) is 89.9 Å². The van der Waals surface area contributed by atoms with E-state index in [1.807, 2.05) is 6.92 Å². The highest BCUT2D eigenvalue weighted by Crippen LogP contribution is 2.21. The first-order valence-electron chi connectivity index (χ1n) is 7.43. The van der Waals surface area contributed by atoms with Crippen LogP contribution in [0, 0.1) is 13.8 Å². The van der Waals surface area contributed by atoms with Crippen LogP contribution < -0.4 is 0 Å². The zero-order valence-corrected chi connectivity index (χ0v) is 13.8. The molecule has 0 atom stereocenters. The van der Waals surface area contributed by atoms with E-state index in [-0.39, 0.29) is 13.2 Å². The van der Waals surface area contributed by atoms with E-state index in [1.165, 1.54) is 13.8 Å². The molecule has 1 aromatic rings. The van der Waals surface area contributed by atoms with E-state index in [9.17, 15) is 19.5 Å². The molecule has 23 heavy (non-hydrogen) atoms. The van der Waals surface area contributed by atoms with Gasteiger partial charge in [-0.05, 0) is 33.3 Å². The molecule has 0 spiro atoms. The average molecular weight is 322 g/mol. The van der Waals surface area contributed by atoms with Gasteiger partial charge in [-0.2, -0.15) is 0 Å². The standard InChI is InChI=1S/C17H22O6/c1-5-22-15(19)17(21,16(20)23-6-2)10-14(18)13-8-7-11(3)9-12(13)4/h7-9,21H,5-6,10H2,1-4H3. The molecule has 0 saturated heterocycles. The highest BCUT2D eigenvalue weighted by molar-refractivity contribution is 6.10. The monoisotopic (exact) mass is 322 g/mol. The van der Waals surface area contributed by atoms with Crippen LogP contribution in [0.2, 0.25) is 0 Å². The molecule has 0 aliphatic heterocycles. The number of hydrogen-bond donors (Lipinski definition) is 1. The van der Waals surface area contributed by atoms with Crippen molar-refractivity contribution in [3.8, 4) is 0 Å². The van der Waals surface area contributed by atoms with Crippen LogP contribution in [0.4, 0.5) is 0 Å². The first-order valence-corrected chi connectivity index (χ1v) is 7.43. The summed E-state index contributed by atoms with van der Waals surface area (Å²) in [4.78, 5) is 36.4. The van der Waals surface area contributed by atoms with Crippen molar-refractivity contribution in [3.63, 3.8) is 0 Å². The van der Waals surface area contributed by atoms with Crippen molar-refractivity contribution in [2.24, 2.45) is 0 Å². The molecule has 0 unspecified atom stereocenters. The molecule has 6 heteroatoms. The highest BCUT2D eigenvalue weighted by Gasteiger charge is 2.49. The first-order chi connectivity index (χ1) is 10.8. The van der Waals surface area contributed by atoms with Crippen LogP contribution in [0.25, 0.3) is 0 Å². The second-order valence-corrected chi connectivity index (χ2v) is 5.22. The van der Waals surface area contributed by atoms with Crippen molar-refractivity contribution >= 4 is 17.7 Å². The molecule has 1 aromatic carbocycles. The maximum atomic E-state index is 12.4. The summed E-state index contributed by atoms with van der Waals surface area (Å²) in [6, 6.07) is 5.15. The Morgan fingerprint density at radius 2 is 1.57 bits per heavy atom. The highest BCUT2D eigenvalue weighted by atomic mass is 16.6. The number of Topliss-reactive ketones (excluding diaryl/α,β-unsaturated/α-hetero) is 1. The van der Waals surface area contributed by atoms with Gasteiger partial charge in [-0.1, -0.05) is 23.8 Å². The van der Waals surface area contributed by atoms with Gasteiger partial charge in [0.1, 0.15) is 0 Å². The predicted octanol–water partition coefficient (Wildman–Crippen LogP) is 1.73.